The van der Waals surface area contributed by atoms with Gasteiger partial charge >= 0.3 is 0 Å². The molecule has 0 bridgehead atoms. The molecule has 1 aromatic rings. The Morgan fingerprint density at radius 1 is 1.35 bits per heavy atom. The van der Waals surface area contributed by atoms with Crippen molar-refractivity contribution in [1.82, 2.24) is 0 Å². The zero-order chi connectivity index (χ0) is 12.1. The maximum Gasteiger partial charge on any atom is 0.161 e. The van der Waals surface area contributed by atoms with Crippen molar-refractivity contribution < 1.29 is 14.6 Å². The summed E-state index contributed by atoms with van der Waals surface area (Å²) in [4.78, 5) is 11.7. The van der Waals surface area contributed by atoms with Crippen LogP contribution in [-0.2, 0) is 16.0 Å². The van der Waals surface area contributed by atoms with Crippen LogP contribution in [0.5, 0.6) is 0 Å². The quantitative estimate of drug-likeness (QED) is 0.726. The molecule has 3 heteroatoms. The molecule has 0 saturated heterocycles. The van der Waals surface area contributed by atoms with Gasteiger partial charge in [0.15, 0.2) is 5.78 Å². The molecule has 1 N–H and O–H groups in total. The number of aliphatic hydroxyl groups excluding tert-OH is 1. The minimum Gasteiger partial charge on any atom is -0.394 e. The molecule has 1 aromatic carbocycles. The molecule has 1 aliphatic rings. The predicted octanol–water partition coefficient (Wildman–Crippen LogP) is 1.44. The van der Waals surface area contributed by atoms with E-state index in [4.69, 9.17) is 9.84 Å². The third-order valence-corrected chi connectivity index (χ3v) is 3.16. The molecule has 92 valence electrons. The average molecular weight is 234 g/mol. The molecule has 2 rings (SSSR count). The second kappa shape index (κ2) is 5.94. The minimum atomic E-state index is -0.0224. The third kappa shape index (κ3) is 3.65. The van der Waals surface area contributed by atoms with Gasteiger partial charge < -0.3 is 9.84 Å². The lowest BCUT2D eigenvalue weighted by Gasteiger charge is -2.02. The van der Waals surface area contributed by atoms with E-state index in [0.29, 0.717) is 5.92 Å². The van der Waals surface area contributed by atoms with Crippen molar-refractivity contribution in [2.45, 2.75) is 12.8 Å². The van der Waals surface area contributed by atoms with E-state index in [-0.39, 0.29) is 31.5 Å². The largest absolute Gasteiger partial charge is 0.394 e. The van der Waals surface area contributed by atoms with Crippen LogP contribution in [0.3, 0.4) is 0 Å². The van der Waals surface area contributed by atoms with Crippen LogP contribution in [0.25, 0.3) is 0 Å². The number of benzene rings is 1. The first-order valence-electron chi connectivity index (χ1n) is 6.06. The number of Topliss-reactive ketones (excluding diaryl/α,β-unsaturated/α-hetero) is 1. The summed E-state index contributed by atoms with van der Waals surface area (Å²) in [5.74, 6) is 0.843. The molecule has 0 heterocycles. The van der Waals surface area contributed by atoms with E-state index in [1.165, 1.54) is 5.56 Å². The normalized spacial score (nSPS) is 22.4. The molecule has 0 aliphatic heterocycles. The molecule has 1 saturated carbocycles. The number of aliphatic hydroxyl groups is 1. The average Bonchev–Trinajstić information content (AvgIpc) is 3.10. The molecule has 0 radical (unpaired) electrons. The highest BCUT2D eigenvalue weighted by Gasteiger charge is 2.41. The van der Waals surface area contributed by atoms with Crippen molar-refractivity contribution >= 4 is 5.78 Å². The van der Waals surface area contributed by atoms with E-state index in [0.717, 1.165) is 12.8 Å². The molecule has 0 amide bonds. The third-order valence-electron chi connectivity index (χ3n) is 3.16. The number of rotatable bonds is 7. The summed E-state index contributed by atoms with van der Waals surface area (Å²) in [7, 11) is 0. The second-order valence-electron chi connectivity index (χ2n) is 4.53. The molecule has 2 unspecified atom stereocenters. The van der Waals surface area contributed by atoms with Crippen LogP contribution >= 0.6 is 0 Å². The van der Waals surface area contributed by atoms with Gasteiger partial charge in [-0.15, -0.1) is 0 Å². The zero-order valence-corrected chi connectivity index (χ0v) is 9.84. The topological polar surface area (TPSA) is 46.5 Å². The van der Waals surface area contributed by atoms with Crippen molar-refractivity contribution in [3.05, 3.63) is 35.9 Å². The number of hydrogen-bond donors (Lipinski definition) is 1. The number of hydrogen-bond acceptors (Lipinski definition) is 3. The Hall–Kier alpha value is -1.19. The first-order valence-corrected chi connectivity index (χ1v) is 6.06. The summed E-state index contributed by atoms with van der Waals surface area (Å²) in [5, 5.41) is 8.54. The van der Waals surface area contributed by atoms with Gasteiger partial charge in [0.1, 0.15) is 6.61 Å². The van der Waals surface area contributed by atoms with Gasteiger partial charge in [-0.05, 0) is 24.3 Å². The van der Waals surface area contributed by atoms with Crippen LogP contribution in [0.4, 0.5) is 0 Å². The second-order valence-corrected chi connectivity index (χ2v) is 4.53. The Labute approximate surface area is 101 Å². The molecule has 1 aliphatic carbocycles. The van der Waals surface area contributed by atoms with Gasteiger partial charge in [0, 0.05) is 5.92 Å². The first kappa shape index (κ1) is 12.3. The lowest BCUT2D eigenvalue weighted by atomic mass is 10.1. The van der Waals surface area contributed by atoms with E-state index in [1.54, 1.807) is 0 Å². The van der Waals surface area contributed by atoms with Crippen LogP contribution in [0.2, 0.25) is 0 Å². The highest BCUT2D eigenvalue weighted by atomic mass is 16.5. The minimum absolute atomic E-state index is 0.0224. The molecule has 1 fully saturated rings. The van der Waals surface area contributed by atoms with Gasteiger partial charge in [0.05, 0.1) is 13.2 Å². The maximum atomic E-state index is 11.7. The van der Waals surface area contributed by atoms with Gasteiger partial charge in [-0.25, -0.2) is 0 Å². The number of carbonyl (C=O) groups excluding carboxylic acids is 1. The van der Waals surface area contributed by atoms with Gasteiger partial charge in [0.25, 0.3) is 0 Å². The number of carbonyl (C=O) groups is 1. The van der Waals surface area contributed by atoms with Gasteiger partial charge in [-0.3, -0.25) is 4.79 Å². The van der Waals surface area contributed by atoms with Crippen molar-refractivity contribution in [1.29, 1.82) is 0 Å². The standard InChI is InChI=1S/C14H18O3/c15-6-7-17-10-14(16)13-9-12(13)8-11-4-2-1-3-5-11/h1-5,12-13,15H,6-10H2. The molecule has 2 atom stereocenters. The fraction of sp³-hybridized carbons (Fsp3) is 0.500. The monoisotopic (exact) mass is 234 g/mol. The van der Waals surface area contributed by atoms with Crippen LogP contribution in [0, 0.1) is 11.8 Å². The first-order chi connectivity index (χ1) is 8.31. The fourth-order valence-corrected chi connectivity index (χ4v) is 2.13. The lowest BCUT2D eigenvalue weighted by molar-refractivity contribution is -0.125. The Kier molecular flexibility index (Phi) is 4.29. The van der Waals surface area contributed by atoms with E-state index in [1.807, 2.05) is 18.2 Å². The zero-order valence-electron chi connectivity index (χ0n) is 9.84. The van der Waals surface area contributed by atoms with Crippen molar-refractivity contribution in [3.8, 4) is 0 Å². The smallest absolute Gasteiger partial charge is 0.161 e. The van der Waals surface area contributed by atoms with Gasteiger partial charge in [0.2, 0.25) is 0 Å². The van der Waals surface area contributed by atoms with E-state index in [2.05, 4.69) is 12.1 Å². The molecular weight excluding hydrogens is 216 g/mol. The summed E-state index contributed by atoms with van der Waals surface area (Å²) in [6, 6.07) is 10.3. The molecule has 0 spiro atoms. The van der Waals surface area contributed by atoms with Gasteiger partial charge in [-0.2, -0.15) is 0 Å². The van der Waals surface area contributed by atoms with E-state index < -0.39 is 0 Å². The maximum absolute atomic E-state index is 11.7. The highest BCUT2D eigenvalue weighted by Crippen LogP contribution is 2.41. The molecule has 0 aromatic heterocycles. The summed E-state index contributed by atoms with van der Waals surface area (Å²) < 4.78 is 5.04. The summed E-state index contributed by atoms with van der Waals surface area (Å²) in [5.41, 5.74) is 1.30. The predicted molar refractivity (Wildman–Crippen MR) is 64.7 cm³/mol. The van der Waals surface area contributed by atoms with Crippen molar-refractivity contribution in [3.63, 3.8) is 0 Å². The summed E-state index contributed by atoms with van der Waals surface area (Å²) in [6.45, 7) is 0.379. The SMILES string of the molecule is O=C(COCCO)C1CC1Cc1ccccc1. The van der Waals surface area contributed by atoms with Crippen molar-refractivity contribution in [2.24, 2.45) is 11.8 Å². The Morgan fingerprint density at radius 3 is 2.82 bits per heavy atom. The number of ether oxygens (including phenoxy) is 1. The Bertz CT molecular complexity index is 361. The van der Waals surface area contributed by atoms with E-state index in [9.17, 15) is 4.79 Å². The molecule has 17 heavy (non-hydrogen) atoms. The Morgan fingerprint density at radius 2 is 2.12 bits per heavy atom. The van der Waals surface area contributed by atoms with Crippen LogP contribution in [-0.4, -0.2) is 30.7 Å². The fourth-order valence-electron chi connectivity index (χ4n) is 2.13. The van der Waals surface area contributed by atoms with Crippen molar-refractivity contribution in [2.75, 3.05) is 19.8 Å². The lowest BCUT2D eigenvalue weighted by Crippen LogP contribution is -2.14. The summed E-state index contributed by atoms with van der Waals surface area (Å²) >= 11 is 0. The Balaban J connectivity index is 1.71. The van der Waals surface area contributed by atoms with Gasteiger partial charge in [-0.1, -0.05) is 30.3 Å². The van der Waals surface area contributed by atoms with Crippen LogP contribution < -0.4 is 0 Å². The van der Waals surface area contributed by atoms with Crippen LogP contribution in [0.1, 0.15) is 12.0 Å². The van der Waals surface area contributed by atoms with E-state index >= 15 is 0 Å². The highest BCUT2D eigenvalue weighted by molar-refractivity contribution is 5.84. The summed E-state index contributed by atoms with van der Waals surface area (Å²) in [6.07, 6.45) is 1.97. The molecule has 3 nitrogen and oxygen atoms in total. The van der Waals surface area contributed by atoms with Crippen LogP contribution in [0.15, 0.2) is 30.3 Å². The number of ketones is 1. The molecular formula is C14H18O3.